The summed E-state index contributed by atoms with van der Waals surface area (Å²) in [7, 11) is 1.99. The first-order chi connectivity index (χ1) is 9.19. The highest BCUT2D eigenvalue weighted by Gasteiger charge is 2.20. The summed E-state index contributed by atoms with van der Waals surface area (Å²) >= 11 is 0. The number of benzene rings is 1. The van der Waals surface area contributed by atoms with E-state index in [0.29, 0.717) is 12.6 Å². The van der Waals surface area contributed by atoms with Gasteiger partial charge in [-0.1, -0.05) is 18.2 Å². The van der Waals surface area contributed by atoms with Crippen molar-refractivity contribution < 1.29 is 4.79 Å². The van der Waals surface area contributed by atoms with Crippen molar-refractivity contribution in [1.82, 2.24) is 10.2 Å². The van der Waals surface area contributed by atoms with Crippen LogP contribution < -0.4 is 10.6 Å². The van der Waals surface area contributed by atoms with Gasteiger partial charge in [0.05, 0.1) is 6.54 Å². The Bertz CT molecular complexity index is 439. The number of carbonyl (C=O) groups is 1. The molecule has 1 saturated heterocycles. The average Bonchev–Trinajstić information content (AvgIpc) is 2.41. The molecule has 2 rings (SSSR count). The molecular weight excluding hydrogens is 274 g/mol. The molecule has 0 aromatic heterocycles. The van der Waals surface area contributed by atoms with Crippen LogP contribution in [0.1, 0.15) is 18.4 Å². The predicted octanol–water partition coefficient (Wildman–Crippen LogP) is 2.04. The molecule has 5 heteroatoms. The van der Waals surface area contributed by atoms with E-state index in [4.69, 9.17) is 0 Å². The standard InChI is InChI=1S/C15H23N3O.ClH/c1-12-6-3-4-8-14(12)17-15(19)11-18-9-5-7-13(10-18)16-2;/h3-4,6,8,13,16H,5,7,9-11H2,1-2H3,(H,17,19);1H. The number of piperidine rings is 1. The molecule has 1 unspecified atom stereocenters. The van der Waals surface area contributed by atoms with Crippen LogP contribution >= 0.6 is 12.4 Å². The van der Waals surface area contributed by atoms with E-state index in [1.807, 2.05) is 38.2 Å². The number of nitrogens with one attached hydrogen (secondary N) is 2. The van der Waals surface area contributed by atoms with Gasteiger partial charge in [0.15, 0.2) is 0 Å². The molecule has 1 aromatic rings. The minimum atomic E-state index is 0. The molecule has 1 atom stereocenters. The number of hydrogen-bond acceptors (Lipinski definition) is 3. The molecular formula is C15H24ClN3O. The molecule has 0 radical (unpaired) electrons. The van der Waals surface area contributed by atoms with E-state index >= 15 is 0 Å². The molecule has 1 aliphatic rings. The van der Waals surface area contributed by atoms with Crippen LogP contribution in [0.4, 0.5) is 5.69 Å². The molecule has 1 aromatic carbocycles. The van der Waals surface area contributed by atoms with Crippen molar-refractivity contribution in [3.05, 3.63) is 29.8 Å². The van der Waals surface area contributed by atoms with Crippen molar-refractivity contribution in [1.29, 1.82) is 0 Å². The van der Waals surface area contributed by atoms with Gasteiger partial charge >= 0.3 is 0 Å². The van der Waals surface area contributed by atoms with Gasteiger partial charge in [-0.2, -0.15) is 0 Å². The normalized spacial score (nSPS) is 19.2. The van der Waals surface area contributed by atoms with Crippen LogP contribution in [0.2, 0.25) is 0 Å². The minimum absolute atomic E-state index is 0. The van der Waals surface area contributed by atoms with Crippen molar-refractivity contribution in [3.63, 3.8) is 0 Å². The Labute approximate surface area is 127 Å². The maximum atomic E-state index is 12.1. The Morgan fingerprint density at radius 2 is 2.15 bits per heavy atom. The number of rotatable bonds is 4. The lowest BCUT2D eigenvalue weighted by Gasteiger charge is -2.31. The monoisotopic (exact) mass is 297 g/mol. The summed E-state index contributed by atoms with van der Waals surface area (Å²) in [6, 6.07) is 8.39. The average molecular weight is 298 g/mol. The summed E-state index contributed by atoms with van der Waals surface area (Å²) in [5.41, 5.74) is 2.01. The topological polar surface area (TPSA) is 44.4 Å². The fourth-order valence-corrected chi connectivity index (χ4v) is 2.54. The first-order valence-corrected chi connectivity index (χ1v) is 6.94. The number of hydrogen-bond donors (Lipinski definition) is 2. The van der Waals surface area contributed by atoms with E-state index in [-0.39, 0.29) is 18.3 Å². The van der Waals surface area contributed by atoms with E-state index in [1.165, 1.54) is 6.42 Å². The summed E-state index contributed by atoms with van der Waals surface area (Å²) in [5.74, 6) is 0.0750. The van der Waals surface area contributed by atoms with Gasteiger partial charge in [0.1, 0.15) is 0 Å². The zero-order valence-corrected chi connectivity index (χ0v) is 13.0. The maximum absolute atomic E-state index is 12.1. The third-order valence-electron chi connectivity index (χ3n) is 3.70. The largest absolute Gasteiger partial charge is 0.325 e. The molecule has 20 heavy (non-hydrogen) atoms. The van der Waals surface area contributed by atoms with E-state index in [1.54, 1.807) is 0 Å². The van der Waals surface area contributed by atoms with Crippen LogP contribution in [-0.2, 0) is 4.79 Å². The van der Waals surface area contributed by atoms with Crippen LogP contribution in [0, 0.1) is 6.92 Å². The molecule has 1 aliphatic heterocycles. The van der Waals surface area contributed by atoms with Crippen molar-refractivity contribution in [2.75, 3.05) is 32.0 Å². The number of anilines is 1. The third-order valence-corrected chi connectivity index (χ3v) is 3.70. The van der Waals surface area contributed by atoms with Gasteiger partial charge in [-0.15, -0.1) is 12.4 Å². The summed E-state index contributed by atoms with van der Waals surface area (Å²) in [4.78, 5) is 14.3. The quantitative estimate of drug-likeness (QED) is 0.894. The number of likely N-dealkylation sites (N-methyl/N-ethyl adjacent to an activating group) is 1. The maximum Gasteiger partial charge on any atom is 0.238 e. The van der Waals surface area contributed by atoms with Crippen molar-refractivity contribution in [2.24, 2.45) is 0 Å². The van der Waals surface area contributed by atoms with Crippen LogP contribution in [0.15, 0.2) is 24.3 Å². The molecule has 0 spiro atoms. The highest BCUT2D eigenvalue weighted by atomic mass is 35.5. The smallest absolute Gasteiger partial charge is 0.238 e. The highest BCUT2D eigenvalue weighted by molar-refractivity contribution is 5.92. The Kier molecular flexibility index (Phi) is 6.99. The van der Waals surface area contributed by atoms with Gasteiger partial charge < -0.3 is 10.6 Å². The van der Waals surface area contributed by atoms with Gasteiger partial charge in [0.25, 0.3) is 0 Å². The molecule has 1 fully saturated rings. The Morgan fingerprint density at radius 3 is 2.85 bits per heavy atom. The van der Waals surface area contributed by atoms with Crippen molar-refractivity contribution in [2.45, 2.75) is 25.8 Å². The van der Waals surface area contributed by atoms with E-state index in [2.05, 4.69) is 15.5 Å². The molecule has 4 nitrogen and oxygen atoms in total. The zero-order valence-electron chi connectivity index (χ0n) is 12.2. The number of amides is 1. The second-order valence-corrected chi connectivity index (χ2v) is 5.23. The fourth-order valence-electron chi connectivity index (χ4n) is 2.54. The molecule has 0 saturated carbocycles. The molecule has 2 N–H and O–H groups in total. The number of likely N-dealkylation sites (tertiary alicyclic amines) is 1. The van der Waals surface area contributed by atoms with Gasteiger partial charge in [-0.25, -0.2) is 0 Å². The predicted molar refractivity (Wildman–Crippen MR) is 85.6 cm³/mol. The van der Waals surface area contributed by atoms with Crippen LogP contribution in [0.5, 0.6) is 0 Å². The molecule has 112 valence electrons. The highest BCUT2D eigenvalue weighted by Crippen LogP contribution is 2.14. The number of nitrogens with zero attached hydrogens (tertiary/aromatic N) is 1. The van der Waals surface area contributed by atoms with E-state index in [0.717, 1.165) is 30.8 Å². The number of carbonyl (C=O) groups excluding carboxylic acids is 1. The number of halogens is 1. The van der Waals surface area contributed by atoms with Crippen LogP contribution in [0.25, 0.3) is 0 Å². The minimum Gasteiger partial charge on any atom is -0.325 e. The first-order valence-electron chi connectivity index (χ1n) is 6.94. The fraction of sp³-hybridized carbons (Fsp3) is 0.533. The summed E-state index contributed by atoms with van der Waals surface area (Å²) < 4.78 is 0. The summed E-state index contributed by atoms with van der Waals surface area (Å²) in [6.45, 7) is 4.46. The van der Waals surface area contributed by atoms with E-state index in [9.17, 15) is 4.79 Å². The van der Waals surface area contributed by atoms with Crippen LogP contribution in [0.3, 0.4) is 0 Å². The van der Waals surface area contributed by atoms with Gasteiger partial charge in [0, 0.05) is 18.3 Å². The Hall–Kier alpha value is -1.10. The lowest BCUT2D eigenvalue weighted by Crippen LogP contribution is -2.46. The first kappa shape index (κ1) is 17.0. The van der Waals surface area contributed by atoms with Gasteiger partial charge in [-0.3, -0.25) is 9.69 Å². The molecule has 0 aliphatic carbocycles. The number of para-hydroxylation sites is 1. The van der Waals surface area contributed by atoms with Gasteiger partial charge in [0.2, 0.25) is 5.91 Å². The van der Waals surface area contributed by atoms with Crippen molar-refractivity contribution >= 4 is 24.0 Å². The molecule has 1 amide bonds. The Balaban J connectivity index is 0.00000200. The SMILES string of the molecule is CNC1CCCN(CC(=O)Nc2ccccc2C)C1.Cl. The second kappa shape index (κ2) is 8.25. The lowest BCUT2D eigenvalue weighted by atomic mass is 10.1. The molecule has 0 bridgehead atoms. The third kappa shape index (κ3) is 4.78. The Morgan fingerprint density at radius 1 is 1.40 bits per heavy atom. The van der Waals surface area contributed by atoms with Crippen LogP contribution in [-0.4, -0.2) is 43.5 Å². The number of aryl methyl sites for hydroxylation is 1. The summed E-state index contributed by atoms with van der Waals surface area (Å²) in [6.07, 6.45) is 2.36. The second-order valence-electron chi connectivity index (χ2n) is 5.23. The van der Waals surface area contributed by atoms with Gasteiger partial charge in [-0.05, 0) is 45.0 Å². The molecule has 1 heterocycles. The van der Waals surface area contributed by atoms with E-state index < -0.39 is 0 Å². The van der Waals surface area contributed by atoms with Crippen molar-refractivity contribution in [3.8, 4) is 0 Å². The zero-order chi connectivity index (χ0) is 13.7. The lowest BCUT2D eigenvalue weighted by molar-refractivity contribution is -0.117. The summed E-state index contributed by atoms with van der Waals surface area (Å²) in [5, 5.41) is 6.28.